The fourth-order valence-corrected chi connectivity index (χ4v) is 2.58. The van der Waals surface area contributed by atoms with Crippen molar-refractivity contribution in [2.75, 3.05) is 19.5 Å². The Balaban J connectivity index is 2.17. The summed E-state index contributed by atoms with van der Waals surface area (Å²) in [4.78, 5) is 8.43. The van der Waals surface area contributed by atoms with E-state index >= 15 is 0 Å². The first-order valence-electron chi connectivity index (χ1n) is 8.26. The zero-order valence-corrected chi connectivity index (χ0v) is 16.0. The minimum atomic E-state index is -4.10. The average Bonchev–Trinajstić information content (AvgIpc) is 2.65. The Labute approximate surface area is 158 Å². The number of methoxy groups -OCH3 is 1. The first kappa shape index (κ1) is 20.7. The summed E-state index contributed by atoms with van der Waals surface area (Å²) in [5.41, 5.74) is 1.37. The number of nitrogens with zero attached hydrogens (tertiary/aromatic N) is 2. The Morgan fingerprint density at radius 2 is 1.96 bits per heavy atom. The van der Waals surface area contributed by atoms with Crippen molar-refractivity contribution in [3.05, 3.63) is 53.7 Å². The molecule has 27 heavy (non-hydrogen) atoms. The number of hydrogen-bond donors (Lipinski definition) is 1. The second-order valence-electron chi connectivity index (χ2n) is 5.49. The summed E-state index contributed by atoms with van der Waals surface area (Å²) < 4.78 is 47.0. The third-order valence-corrected chi connectivity index (χ3v) is 4.21. The minimum absolute atomic E-state index is 0.0340. The van der Waals surface area contributed by atoms with Crippen molar-refractivity contribution in [1.82, 2.24) is 9.97 Å². The second-order valence-corrected chi connectivity index (χ2v) is 7.06. The largest absolute Gasteiger partial charge is 0.501 e. The van der Waals surface area contributed by atoms with Gasteiger partial charge in [-0.05, 0) is 31.0 Å². The predicted molar refractivity (Wildman–Crippen MR) is 100 cm³/mol. The Kier molecular flexibility index (Phi) is 7.56. The first-order valence-corrected chi connectivity index (χ1v) is 9.87. The van der Waals surface area contributed by atoms with Gasteiger partial charge in [0.25, 0.3) is 10.1 Å². The maximum Gasteiger partial charge on any atom is 0.265 e. The van der Waals surface area contributed by atoms with Crippen molar-refractivity contribution < 1.29 is 27.2 Å². The number of ether oxygens (including phenoxy) is 3. The molecule has 8 nitrogen and oxygen atoms in total. The number of rotatable bonds is 10. The lowest BCUT2D eigenvalue weighted by molar-refractivity contribution is 0.271. The van der Waals surface area contributed by atoms with E-state index in [-0.39, 0.29) is 18.9 Å². The molecule has 0 atom stereocenters. The highest BCUT2D eigenvalue weighted by Crippen LogP contribution is 2.19. The highest BCUT2D eigenvalue weighted by Gasteiger charge is 2.12. The molecule has 2 rings (SSSR count). The van der Waals surface area contributed by atoms with Crippen LogP contribution in [0.5, 0.6) is 11.6 Å². The molecule has 0 aliphatic heterocycles. The zero-order valence-electron chi connectivity index (χ0n) is 15.2. The molecule has 0 aliphatic carbocycles. The van der Waals surface area contributed by atoms with E-state index in [1.807, 2.05) is 31.2 Å². The van der Waals surface area contributed by atoms with Crippen LogP contribution in [0.2, 0.25) is 0 Å². The third-order valence-electron chi connectivity index (χ3n) is 3.49. The van der Waals surface area contributed by atoms with Crippen LogP contribution in [0, 0.1) is 0 Å². The summed E-state index contributed by atoms with van der Waals surface area (Å²) >= 11 is 0. The van der Waals surface area contributed by atoms with Gasteiger partial charge in [0, 0.05) is 17.8 Å². The van der Waals surface area contributed by atoms with Gasteiger partial charge in [0.1, 0.15) is 12.4 Å². The Morgan fingerprint density at radius 3 is 2.59 bits per heavy atom. The smallest absolute Gasteiger partial charge is 0.265 e. The van der Waals surface area contributed by atoms with Gasteiger partial charge in [-0.15, -0.1) is 0 Å². The van der Waals surface area contributed by atoms with Crippen LogP contribution in [0.15, 0.2) is 36.7 Å². The van der Waals surface area contributed by atoms with Crippen LogP contribution < -0.4 is 9.47 Å². The van der Waals surface area contributed by atoms with Gasteiger partial charge in [-0.25, -0.2) is 4.98 Å². The van der Waals surface area contributed by atoms with Gasteiger partial charge in [-0.2, -0.15) is 13.4 Å². The van der Waals surface area contributed by atoms with E-state index in [9.17, 15) is 8.42 Å². The standard InChI is InChI=1S/C18H22N2O6S/c1-3-25-10-8-17-19-12-15(9-11-27(21,22)23)18(20-17)26-13-14-4-6-16(24-2)7-5-14/h4-8,10,12H,3,9,11,13H2,1-2H3,(H,21,22,23). The van der Waals surface area contributed by atoms with Gasteiger partial charge in [-0.3, -0.25) is 4.55 Å². The molecule has 1 aromatic carbocycles. The van der Waals surface area contributed by atoms with E-state index in [1.54, 1.807) is 13.2 Å². The summed E-state index contributed by atoms with van der Waals surface area (Å²) in [5.74, 6) is 0.908. The van der Waals surface area contributed by atoms with Crippen LogP contribution in [-0.4, -0.2) is 42.4 Å². The van der Waals surface area contributed by atoms with Crippen molar-refractivity contribution in [2.45, 2.75) is 20.0 Å². The number of aryl methyl sites for hydroxylation is 1. The summed E-state index contributed by atoms with van der Waals surface area (Å²) in [5, 5.41) is 0. The van der Waals surface area contributed by atoms with E-state index in [4.69, 9.17) is 18.8 Å². The summed E-state index contributed by atoms with van der Waals surface area (Å²) in [6.45, 7) is 2.60. The van der Waals surface area contributed by atoms with Crippen LogP contribution in [0.4, 0.5) is 0 Å². The number of aromatic nitrogens is 2. The molecule has 0 unspecified atom stereocenters. The molecule has 0 fully saturated rings. The molecule has 2 aromatic rings. The van der Waals surface area contributed by atoms with Crippen LogP contribution in [-0.2, 0) is 27.9 Å². The molecule has 0 bridgehead atoms. The second kappa shape index (κ2) is 9.89. The Bertz CT molecular complexity index is 866. The molecule has 0 spiro atoms. The molecule has 146 valence electrons. The molecule has 0 amide bonds. The Morgan fingerprint density at radius 1 is 1.22 bits per heavy atom. The number of benzene rings is 1. The van der Waals surface area contributed by atoms with Crippen LogP contribution in [0.3, 0.4) is 0 Å². The van der Waals surface area contributed by atoms with E-state index in [2.05, 4.69) is 9.97 Å². The summed E-state index contributed by atoms with van der Waals surface area (Å²) in [6.07, 6.45) is 4.57. The molecule has 1 N–H and O–H groups in total. The molecular weight excluding hydrogens is 372 g/mol. The van der Waals surface area contributed by atoms with Gasteiger partial charge in [0.15, 0.2) is 5.82 Å². The van der Waals surface area contributed by atoms with Crippen LogP contribution in [0.1, 0.15) is 23.9 Å². The molecule has 0 saturated heterocycles. The fraction of sp³-hybridized carbons (Fsp3) is 0.333. The minimum Gasteiger partial charge on any atom is -0.501 e. The van der Waals surface area contributed by atoms with Gasteiger partial charge in [0.05, 0.1) is 25.7 Å². The van der Waals surface area contributed by atoms with E-state index in [0.29, 0.717) is 18.0 Å². The molecular formula is C18H22N2O6S. The maximum atomic E-state index is 11.0. The molecule has 0 aliphatic rings. The predicted octanol–water partition coefficient (Wildman–Crippen LogP) is 2.50. The average molecular weight is 394 g/mol. The quantitative estimate of drug-likeness (QED) is 0.484. The van der Waals surface area contributed by atoms with Gasteiger partial charge >= 0.3 is 0 Å². The van der Waals surface area contributed by atoms with Gasteiger partial charge in [0.2, 0.25) is 5.88 Å². The Hall–Kier alpha value is -2.65. The molecule has 1 heterocycles. The number of hydrogen-bond acceptors (Lipinski definition) is 7. The molecule has 9 heteroatoms. The molecule has 0 radical (unpaired) electrons. The lowest BCUT2D eigenvalue weighted by atomic mass is 10.2. The zero-order chi connectivity index (χ0) is 19.7. The van der Waals surface area contributed by atoms with Crippen molar-refractivity contribution >= 4 is 16.2 Å². The van der Waals surface area contributed by atoms with Crippen molar-refractivity contribution in [2.24, 2.45) is 0 Å². The maximum absolute atomic E-state index is 11.0. The van der Waals surface area contributed by atoms with Crippen LogP contribution >= 0.6 is 0 Å². The lowest BCUT2D eigenvalue weighted by Crippen LogP contribution is -2.10. The third kappa shape index (κ3) is 7.24. The highest BCUT2D eigenvalue weighted by atomic mass is 32.2. The SMILES string of the molecule is CCOC=Cc1ncc(CCS(=O)(=O)O)c(OCc2ccc(OC)cc2)n1. The van der Waals surface area contributed by atoms with Gasteiger partial charge in [-0.1, -0.05) is 12.1 Å². The molecule has 0 saturated carbocycles. The van der Waals surface area contributed by atoms with Crippen molar-refractivity contribution in [3.63, 3.8) is 0 Å². The lowest BCUT2D eigenvalue weighted by Gasteiger charge is -2.11. The van der Waals surface area contributed by atoms with Crippen molar-refractivity contribution in [1.29, 1.82) is 0 Å². The fourth-order valence-electron chi connectivity index (χ4n) is 2.10. The van der Waals surface area contributed by atoms with Gasteiger partial charge < -0.3 is 14.2 Å². The summed E-state index contributed by atoms with van der Waals surface area (Å²) in [7, 11) is -2.51. The molecule has 1 aromatic heterocycles. The topological polar surface area (TPSA) is 108 Å². The van der Waals surface area contributed by atoms with E-state index < -0.39 is 15.9 Å². The van der Waals surface area contributed by atoms with Crippen LogP contribution in [0.25, 0.3) is 6.08 Å². The first-order chi connectivity index (χ1) is 12.9. The summed E-state index contributed by atoms with van der Waals surface area (Å²) in [6, 6.07) is 7.34. The normalized spacial score (nSPS) is 11.5. The van der Waals surface area contributed by atoms with E-state index in [1.165, 1.54) is 12.5 Å². The monoisotopic (exact) mass is 394 g/mol. The van der Waals surface area contributed by atoms with Crippen molar-refractivity contribution in [3.8, 4) is 11.6 Å². The van der Waals surface area contributed by atoms with E-state index in [0.717, 1.165) is 11.3 Å². The highest BCUT2D eigenvalue weighted by molar-refractivity contribution is 7.85.